The first-order valence-electron chi connectivity index (χ1n) is 7.06. The first-order chi connectivity index (χ1) is 9.71. The fourth-order valence-electron chi connectivity index (χ4n) is 2.17. The molecule has 0 radical (unpaired) electrons. The van der Waals surface area contributed by atoms with Crippen molar-refractivity contribution in [2.24, 2.45) is 5.73 Å². The van der Waals surface area contributed by atoms with E-state index in [9.17, 15) is 0 Å². The van der Waals surface area contributed by atoms with Crippen molar-refractivity contribution < 1.29 is 9.47 Å². The summed E-state index contributed by atoms with van der Waals surface area (Å²) in [6.07, 6.45) is 3.20. The number of benzene rings is 1. The number of rotatable bonds is 10. The van der Waals surface area contributed by atoms with Crippen molar-refractivity contribution in [2.45, 2.75) is 31.8 Å². The van der Waals surface area contributed by atoms with E-state index in [1.807, 2.05) is 18.2 Å². The van der Waals surface area contributed by atoms with Gasteiger partial charge in [-0.2, -0.15) is 0 Å². The molecular weight excluding hydrogens is 254 g/mol. The Kier molecular flexibility index (Phi) is 8.02. The largest absolute Gasteiger partial charge is 0.496 e. The Morgan fingerprint density at radius 2 is 2.05 bits per heavy atom. The topological polar surface area (TPSA) is 82.5 Å². The standard InChI is InChI=1S/C15H27N3O2/c1-19-11-14(5-3-4-8-16)18-10-12-9-13(17)6-7-15(12)20-2/h6-7,9,14,18H,3-5,8,10-11,16-17H2,1-2H3/t14-/m0/s1. The minimum Gasteiger partial charge on any atom is -0.496 e. The lowest BCUT2D eigenvalue weighted by molar-refractivity contribution is 0.160. The van der Waals surface area contributed by atoms with Gasteiger partial charge in [-0.15, -0.1) is 0 Å². The Bertz CT molecular complexity index is 385. The van der Waals surface area contributed by atoms with Crippen LogP contribution in [0.1, 0.15) is 24.8 Å². The molecule has 0 aromatic heterocycles. The first kappa shape index (κ1) is 16.8. The van der Waals surface area contributed by atoms with Crippen molar-refractivity contribution in [1.82, 2.24) is 5.32 Å². The molecule has 1 aromatic rings. The van der Waals surface area contributed by atoms with Crippen LogP contribution in [-0.2, 0) is 11.3 Å². The molecule has 5 N–H and O–H groups in total. The van der Waals surface area contributed by atoms with Gasteiger partial charge in [-0.25, -0.2) is 0 Å². The molecule has 1 rings (SSSR count). The molecule has 114 valence electrons. The normalized spacial score (nSPS) is 12.3. The monoisotopic (exact) mass is 281 g/mol. The highest BCUT2D eigenvalue weighted by molar-refractivity contribution is 5.47. The lowest BCUT2D eigenvalue weighted by Crippen LogP contribution is -2.33. The Labute approximate surface area is 121 Å². The van der Waals surface area contributed by atoms with E-state index in [0.29, 0.717) is 19.2 Å². The van der Waals surface area contributed by atoms with Crippen LogP contribution in [0.25, 0.3) is 0 Å². The summed E-state index contributed by atoms with van der Waals surface area (Å²) in [4.78, 5) is 0. The van der Waals surface area contributed by atoms with Gasteiger partial charge >= 0.3 is 0 Å². The summed E-state index contributed by atoms with van der Waals surface area (Å²) in [7, 11) is 3.39. The molecule has 0 bridgehead atoms. The summed E-state index contributed by atoms with van der Waals surface area (Å²) in [5, 5.41) is 3.50. The average molecular weight is 281 g/mol. The van der Waals surface area contributed by atoms with E-state index in [1.54, 1.807) is 14.2 Å². The second-order valence-electron chi connectivity index (χ2n) is 4.89. The zero-order chi connectivity index (χ0) is 14.8. The lowest BCUT2D eigenvalue weighted by Gasteiger charge is -2.19. The van der Waals surface area contributed by atoms with Crippen molar-refractivity contribution >= 4 is 5.69 Å². The smallest absolute Gasteiger partial charge is 0.123 e. The molecule has 0 unspecified atom stereocenters. The maximum absolute atomic E-state index is 5.82. The number of hydrogen-bond acceptors (Lipinski definition) is 5. The summed E-state index contributed by atoms with van der Waals surface area (Å²) in [5.41, 5.74) is 13.2. The van der Waals surface area contributed by atoms with E-state index in [1.165, 1.54) is 0 Å². The molecular formula is C15H27N3O2. The number of nitrogens with one attached hydrogen (secondary N) is 1. The van der Waals surface area contributed by atoms with Gasteiger partial charge < -0.3 is 26.3 Å². The number of unbranched alkanes of at least 4 members (excludes halogenated alkanes) is 1. The van der Waals surface area contributed by atoms with Gasteiger partial charge in [0.25, 0.3) is 0 Å². The zero-order valence-corrected chi connectivity index (χ0v) is 12.5. The van der Waals surface area contributed by atoms with Crippen molar-refractivity contribution in [3.05, 3.63) is 23.8 Å². The fourth-order valence-corrected chi connectivity index (χ4v) is 2.17. The number of nitrogen functional groups attached to an aromatic ring is 1. The number of hydrogen-bond donors (Lipinski definition) is 3. The maximum atomic E-state index is 5.82. The average Bonchev–Trinajstić information content (AvgIpc) is 2.45. The molecule has 0 aliphatic heterocycles. The van der Waals surface area contributed by atoms with E-state index in [4.69, 9.17) is 20.9 Å². The molecule has 0 heterocycles. The molecule has 0 aliphatic carbocycles. The molecule has 5 nitrogen and oxygen atoms in total. The Balaban J connectivity index is 2.55. The first-order valence-corrected chi connectivity index (χ1v) is 7.06. The maximum Gasteiger partial charge on any atom is 0.123 e. The summed E-state index contributed by atoms with van der Waals surface area (Å²) < 4.78 is 10.6. The highest BCUT2D eigenvalue weighted by Crippen LogP contribution is 2.21. The highest BCUT2D eigenvalue weighted by Gasteiger charge is 2.10. The van der Waals surface area contributed by atoms with Gasteiger partial charge in [-0.05, 0) is 37.6 Å². The van der Waals surface area contributed by atoms with Crippen LogP contribution in [0.5, 0.6) is 5.75 Å². The lowest BCUT2D eigenvalue weighted by atomic mass is 10.1. The van der Waals surface area contributed by atoms with Gasteiger partial charge in [-0.1, -0.05) is 6.42 Å². The van der Waals surface area contributed by atoms with Crippen molar-refractivity contribution in [2.75, 3.05) is 33.1 Å². The third kappa shape index (κ3) is 5.77. The molecule has 5 heteroatoms. The predicted molar refractivity (Wildman–Crippen MR) is 82.8 cm³/mol. The van der Waals surface area contributed by atoms with E-state index >= 15 is 0 Å². The molecule has 1 aromatic carbocycles. The van der Waals surface area contributed by atoms with Crippen molar-refractivity contribution in [3.8, 4) is 5.75 Å². The van der Waals surface area contributed by atoms with Crippen LogP contribution >= 0.6 is 0 Å². The van der Waals surface area contributed by atoms with Crippen molar-refractivity contribution in [1.29, 1.82) is 0 Å². The Hall–Kier alpha value is -1.30. The van der Waals surface area contributed by atoms with Crippen LogP contribution in [0.2, 0.25) is 0 Å². The van der Waals surface area contributed by atoms with E-state index < -0.39 is 0 Å². The second-order valence-corrected chi connectivity index (χ2v) is 4.89. The third-order valence-electron chi connectivity index (χ3n) is 3.26. The van der Waals surface area contributed by atoms with Gasteiger partial charge in [0, 0.05) is 30.9 Å². The number of methoxy groups -OCH3 is 2. The van der Waals surface area contributed by atoms with Crippen LogP contribution in [0.3, 0.4) is 0 Å². The molecule has 0 saturated carbocycles. The molecule has 0 spiro atoms. The molecule has 20 heavy (non-hydrogen) atoms. The molecule has 0 saturated heterocycles. The van der Waals surface area contributed by atoms with Gasteiger partial charge in [0.2, 0.25) is 0 Å². The molecule has 0 fully saturated rings. The Morgan fingerprint density at radius 1 is 1.25 bits per heavy atom. The van der Waals surface area contributed by atoms with Crippen LogP contribution < -0.4 is 21.5 Å². The van der Waals surface area contributed by atoms with E-state index in [0.717, 1.165) is 42.8 Å². The third-order valence-corrected chi connectivity index (χ3v) is 3.26. The summed E-state index contributed by atoms with van der Waals surface area (Å²) in [6.45, 7) is 2.14. The van der Waals surface area contributed by atoms with Gasteiger partial charge in [0.15, 0.2) is 0 Å². The van der Waals surface area contributed by atoms with Crippen LogP contribution in [-0.4, -0.2) is 33.4 Å². The van der Waals surface area contributed by atoms with E-state index in [-0.39, 0.29) is 0 Å². The zero-order valence-electron chi connectivity index (χ0n) is 12.5. The minimum atomic E-state index is 0.317. The number of nitrogens with two attached hydrogens (primary N) is 2. The summed E-state index contributed by atoms with van der Waals surface area (Å²) in [5.74, 6) is 0.852. The van der Waals surface area contributed by atoms with Gasteiger partial charge in [-0.3, -0.25) is 0 Å². The molecule has 1 atom stereocenters. The van der Waals surface area contributed by atoms with E-state index in [2.05, 4.69) is 5.32 Å². The highest BCUT2D eigenvalue weighted by atomic mass is 16.5. The number of ether oxygens (including phenoxy) is 2. The SMILES string of the molecule is COC[C@H](CCCCN)NCc1cc(N)ccc1OC. The fraction of sp³-hybridized carbons (Fsp3) is 0.600. The quantitative estimate of drug-likeness (QED) is 0.447. The van der Waals surface area contributed by atoms with Crippen LogP contribution in [0.4, 0.5) is 5.69 Å². The minimum absolute atomic E-state index is 0.317. The second kappa shape index (κ2) is 9.58. The van der Waals surface area contributed by atoms with Gasteiger partial charge in [0.05, 0.1) is 13.7 Å². The van der Waals surface area contributed by atoms with Gasteiger partial charge in [0.1, 0.15) is 5.75 Å². The van der Waals surface area contributed by atoms with Crippen LogP contribution in [0.15, 0.2) is 18.2 Å². The summed E-state index contributed by atoms with van der Waals surface area (Å²) >= 11 is 0. The van der Waals surface area contributed by atoms with Crippen molar-refractivity contribution in [3.63, 3.8) is 0 Å². The molecule has 0 aliphatic rings. The Morgan fingerprint density at radius 3 is 2.70 bits per heavy atom. The molecule has 0 amide bonds. The number of anilines is 1. The van der Waals surface area contributed by atoms with Crippen LogP contribution in [0, 0.1) is 0 Å². The summed E-state index contributed by atoms with van der Waals surface area (Å²) in [6, 6.07) is 6.00. The predicted octanol–water partition coefficient (Wildman–Crippen LogP) is 1.51.